The molecule has 2 heterocycles. The van der Waals surface area contributed by atoms with Crippen molar-refractivity contribution in [3.63, 3.8) is 0 Å². The first-order valence-electron chi connectivity index (χ1n) is 4.62. The molecule has 0 atom stereocenters. The summed E-state index contributed by atoms with van der Waals surface area (Å²) in [7, 11) is 0. The molecule has 0 aromatic carbocycles. The van der Waals surface area contributed by atoms with Crippen molar-refractivity contribution < 1.29 is 0 Å². The van der Waals surface area contributed by atoms with Crippen LogP contribution in [0.4, 0.5) is 0 Å². The SMILES string of the molecule is CC(C)n1nnc2cc(CN)cnc21. The van der Waals surface area contributed by atoms with Crippen LogP contribution in [-0.2, 0) is 6.54 Å². The average molecular weight is 191 g/mol. The van der Waals surface area contributed by atoms with E-state index >= 15 is 0 Å². The predicted molar refractivity (Wildman–Crippen MR) is 53.6 cm³/mol. The summed E-state index contributed by atoms with van der Waals surface area (Å²) < 4.78 is 1.80. The number of hydrogen-bond acceptors (Lipinski definition) is 4. The molecule has 74 valence electrons. The van der Waals surface area contributed by atoms with E-state index in [1.165, 1.54) is 0 Å². The van der Waals surface area contributed by atoms with E-state index in [1.807, 2.05) is 19.9 Å². The maximum absolute atomic E-state index is 5.51. The molecule has 14 heavy (non-hydrogen) atoms. The van der Waals surface area contributed by atoms with Gasteiger partial charge < -0.3 is 5.73 Å². The van der Waals surface area contributed by atoms with E-state index in [9.17, 15) is 0 Å². The molecule has 0 aliphatic rings. The van der Waals surface area contributed by atoms with E-state index in [2.05, 4.69) is 15.3 Å². The number of nitrogens with zero attached hydrogens (tertiary/aromatic N) is 4. The normalized spacial score (nSPS) is 11.4. The lowest BCUT2D eigenvalue weighted by atomic mass is 10.3. The number of rotatable bonds is 2. The van der Waals surface area contributed by atoms with Crippen LogP contribution in [0.1, 0.15) is 25.5 Å². The van der Waals surface area contributed by atoms with Gasteiger partial charge in [0.15, 0.2) is 5.65 Å². The molecule has 5 heteroatoms. The number of hydrogen-bond donors (Lipinski definition) is 1. The van der Waals surface area contributed by atoms with E-state index in [0.717, 1.165) is 16.7 Å². The Bertz CT molecular complexity index is 445. The third-order valence-electron chi connectivity index (χ3n) is 2.09. The van der Waals surface area contributed by atoms with E-state index in [4.69, 9.17) is 5.73 Å². The Hall–Kier alpha value is -1.49. The quantitative estimate of drug-likeness (QED) is 0.764. The first kappa shape index (κ1) is 9.08. The Morgan fingerprint density at radius 2 is 2.29 bits per heavy atom. The molecule has 0 fully saturated rings. The Kier molecular flexibility index (Phi) is 2.17. The van der Waals surface area contributed by atoms with E-state index < -0.39 is 0 Å². The monoisotopic (exact) mass is 191 g/mol. The summed E-state index contributed by atoms with van der Waals surface area (Å²) in [5.74, 6) is 0. The summed E-state index contributed by atoms with van der Waals surface area (Å²) in [4.78, 5) is 4.29. The van der Waals surface area contributed by atoms with Crippen molar-refractivity contribution >= 4 is 11.2 Å². The average Bonchev–Trinajstić information content (AvgIpc) is 2.59. The van der Waals surface area contributed by atoms with Gasteiger partial charge >= 0.3 is 0 Å². The van der Waals surface area contributed by atoms with Crippen LogP contribution in [0.2, 0.25) is 0 Å². The summed E-state index contributed by atoms with van der Waals surface area (Å²) in [5.41, 5.74) is 8.12. The van der Waals surface area contributed by atoms with Gasteiger partial charge in [-0.3, -0.25) is 0 Å². The molecule has 0 aliphatic heterocycles. The minimum Gasteiger partial charge on any atom is -0.326 e. The molecule has 0 aliphatic carbocycles. The lowest BCUT2D eigenvalue weighted by Crippen LogP contribution is -2.04. The smallest absolute Gasteiger partial charge is 0.178 e. The highest BCUT2D eigenvalue weighted by atomic mass is 15.4. The highest BCUT2D eigenvalue weighted by molar-refractivity contribution is 5.70. The van der Waals surface area contributed by atoms with Gasteiger partial charge in [0.25, 0.3) is 0 Å². The van der Waals surface area contributed by atoms with Crippen LogP contribution in [0.25, 0.3) is 11.2 Å². The summed E-state index contributed by atoms with van der Waals surface area (Å²) in [6, 6.07) is 2.20. The van der Waals surface area contributed by atoms with Gasteiger partial charge in [0.2, 0.25) is 0 Å². The summed E-state index contributed by atoms with van der Waals surface area (Å²) in [6.07, 6.45) is 1.77. The molecule has 5 nitrogen and oxygen atoms in total. The van der Waals surface area contributed by atoms with Crippen molar-refractivity contribution in [2.24, 2.45) is 5.73 Å². The molecular formula is C9H13N5. The van der Waals surface area contributed by atoms with Gasteiger partial charge in [-0.1, -0.05) is 5.21 Å². The van der Waals surface area contributed by atoms with Crippen LogP contribution < -0.4 is 5.73 Å². The van der Waals surface area contributed by atoms with Crippen molar-refractivity contribution in [1.82, 2.24) is 20.0 Å². The molecule has 0 unspecified atom stereocenters. The van der Waals surface area contributed by atoms with Crippen LogP contribution in [0, 0.1) is 0 Å². The molecule has 2 rings (SSSR count). The second-order valence-electron chi connectivity index (χ2n) is 3.52. The van der Waals surface area contributed by atoms with Crippen LogP contribution in [0.3, 0.4) is 0 Å². The molecule has 0 amide bonds. The highest BCUT2D eigenvalue weighted by Crippen LogP contribution is 2.13. The van der Waals surface area contributed by atoms with Gasteiger partial charge in [0.1, 0.15) is 5.52 Å². The Labute approximate surface area is 81.9 Å². The topological polar surface area (TPSA) is 69.6 Å². The summed E-state index contributed by atoms with van der Waals surface area (Å²) >= 11 is 0. The van der Waals surface area contributed by atoms with Gasteiger partial charge in [-0.2, -0.15) is 0 Å². The third kappa shape index (κ3) is 1.35. The van der Waals surface area contributed by atoms with Crippen molar-refractivity contribution in [2.75, 3.05) is 0 Å². The Morgan fingerprint density at radius 1 is 1.50 bits per heavy atom. The Morgan fingerprint density at radius 3 is 2.93 bits per heavy atom. The highest BCUT2D eigenvalue weighted by Gasteiger charge is 2.08. The maximum Gasteiger partial charge on any atom is 0.178 e. The fraction of sp³-hybridized carbons (Fsp3) is 0.444. The zero-order valence-corrected chi connectivity index (χ0v) is 8.31. The van der Waals surface area contributed by atoms with E-state index in [-0.39, 0.29) is 6.04 Å². The lowest BCUT2D eigenvalue weighted by Gasteiger charge is -2.04. The largest absolute Gasteiger partial charge is 0.326 e. The molecule has 2 aromatic heterocycles. The maximum atomic E-state index is 5.51. The second kappa shape index (κ2) is 3.34. The molecule has 0 spiro atoms. The van der Waals surface area contributed by atoms with Crippen LogP contribution in [-0.4, -0.2) is 20.0 Å². The third-order valence-corrected chi connectivity index (χ3v) is 2.09. The number of aromatic nitrogens is 4. The number of fused-ring (bicyclic) bond motifs is 1. The molecule has 0 bridgehead atoms. The lowest BCUT2D eigenvalue weighted by molar-refractivity contribution is 0.526. The van der Waals surface area contributed by atoms with Crippen LogP contribution >= 0.6 is 0 Å². The minimum absolute atomic E-state index is 0.274. The van der Waals surface area contributed by atoms with Crippen molar-refractivity contribution in [3.05, 3.63) is 17.8 Å². The molecule has 0 saturated heterocycles. The number of nitrogens with two attached hydrogens (primary N) is 1. The van der Waals surface area contributed by atoms with Gasteiger partial charge in [0.05, 0.1) is 6.04 Å². The zero-order chi connectivity index (χ0) is 10.1. The summed E-state index contributed by atoms with van der Waals surface area (Å²) in [5, 5.41) is 8.08. The second-order valence-corrected chi connectivity index (χ2v) is 3.52. The van der Waals surface area contributed by atoms with E-state index in [0.29, 0.717) is 6.54 Å². The number of pyridine rings is 1. The van der Waals surface area contributed by atoms with Crippen LogP contribution in [0.15, 0.2) is 12.3 Å². The molecule has 2 N–H and O–H groups in total. The van der Waals surface area contributed by atoms with Crippen molar-refractivity contribution in [3.8, 4) is 0 Å². The zero-order valence-electron chi connectivity index (χ0n) is 8.31. The van der Waals surface area contributed by atoms with Gasteiger partial charge in [0, 0.05) is 12.7 Å². The molecule has 0 radical (unpaired) electrons. The Balaban J connectivity index is 2.59. The standard InChI is InChI=1S/C9H13N5/c1-6(2)14-9-8(12-13-14)3-7(4-10)5-11-9/h3,5-6H,4,10H2,1-2H3. The van der Waals surface area contributed by atoms with E-state index in [1.54, 1.807) is 10.9 Å². The van der Waals surface area contributed by atoms with Crippen molar-refractivity contribution in [1.29, 1.82) is 0 Å². The minimum atomic E-state index is 0.274. The van der Waals surface area contributed by atoms with Gasteiger partial charge in [-0.25, -0.2) is 9.67 Å². The fourth-order valence-corrected chi connectivity index (χ4v) is 1.34. The summed E-state index contributed by atoms with van der Waals surface area (Å²) in [6.45, 7) is 4.58. The van der Waals surface area contributed by atoms with Gasteiger partial charge in [-0.05, 0) is 25.5 Å². The predicted octanol–water partition coefficient (Wildman–Crippen LogP) is 0.866. The molecular weight excluding hydrogens is 178 g/mol. The fourth-order valence-electron chi connectivity index (χ4n) is 1.34. The van der Waals surface area contributed by atoms with Crippen molar-refractivity contribution in [2.45, 2.75) is 26.4 Å². The first-order chi connectivity index (χ1) is 6.72. The molecule has 2 aromatic rings. The van der Waals surface area contributed by atoms with Gasteiger partial charge in [-0.15, -0.1) is 5.10 Å². The first-order valence-corrected chi connectivity index (χ1v) is 4.62. The van der Waals surface area contributed by atoms with Crippen LogP contribution in [0.5, 0.6) is 0 Å². The molecule has 0 saturated carbocycles.